The molecule has 2 atom stereocenters. The van der Waals surface area contributed by atoms with Crippen LogP contribution >= 0.6 is 0 Å². The number of amides is 5. The number of benzene rings is 1. The van der Waals surface area contributed by atoms with Crippen LogP contribution < -0.4 is 10.1 Å². The van der Waals surface area contributed by atoms with Gasteiger partial charge < -0.3 is 10.1 Å². The molecule has 8 nitrogen and oxygen atoms in total. The van der Waals surface area contributed by atoms with E-state index in [-0.39, 0.29) is 12.0 Å². The Morgan fingerprint density at radius 3 is 2.59 bits per heavy atom. The number of rotatable bonds is 7. The van der Waals surface area contributed by atoms with E-state index in [9.17, 15) is 19.2 Å². The molecule has 3 rings (SSSR count). The fourth-order valence-electron chi connectivity index (χ4n) is 4.08. The molecule has 1 saturated carbocycles. The molecule has 2 aliphatic rings. The first-order chi connectivity index (χ1) is 13.9. The molecule has 156 valence electrons. The first-order valence-corrected chi connectivity index (χ1v) is 10.0. The average Bonchev–Trinajstić information content (AvgIpc) is 2.92. The van der Waals surface area contributed by atoms with E-state index < -0.39 is 30.3 Å². The minimum absolute atomic E-state index is 0.152. The third-order valence-corrected chi connectivity index (χ3v) is 5.69. The molecular formula is C21H27N3O5. The van der Waals surface area contributed by atoms with Gasteiger partial charge in [-0.05, 0) is 36.8 Å². The molecule has 8 heteroatoms. The van der Waals surface area contributed by atoms with Gasteiger partial charge in [0.15, 0.2) is 0 Å². The number of hydrogen-bond acceptors (Lipinski definition) is 5. The van der Waals surface area contributed by atoms with Gasteiger partial charge >= 0.3 is 17.8 Å². The lowest BCUT2D eigenvalue weighted by Crippen LogP contribution is -2.47. The molecule has 2 fully saturated rings. The summed E-state index contributed by atoms with van der Waals surface area (Å²) in [5.74, 6) is -1.34. The minimum Gasteiger partial charge on any atom is -0.496 e. The summed E-state index contributed by atoms with van der Waals surface area (Å²) in [5, 5.41) is 2.70. The molecule has 1 aromatic carbocycles. The summed E-state index contributed by atoms with van der Waals surface area (Å²) in [6, 6.07) is 6.53. The molecule has 1 heterocycles. The first kappa shape index (κ1) is 20.8. The maximum Gasteiger partial charge on any atom is 0.334 e. The Morgan fingerprint density at radius 2 is 1.86 bits per heavy atom. The highest BCUT2D eigenvalue weighted by Gasteiger charge is 2.49. The van der Waals surface area contributed by atoms with Crippen LogP contribution in [0.15, 0.2) is 24.3 Å². The molecule has 0 radical (unpaired) electrons. The van der Waals surface area contributed by atoms with Crippen LogP contribution in [-0.4, -0.2) is 59.8 Å². The summed E-state index contributed by atoms with van der Waals surface area (Å²) in [7, 11) is 1.58. The zero-order chi connectivity index (χ0) is 21.0. The van der Waals surface area contributed by atoms with Crippen LogP contribution in [0, 0.1) is 5.92 Å². The van der Waals surface area contributed by atoms with Crippen molar-refractivity contribution in [2.45, 2.75) is 45.1 Å². The highest BCUT2D eigenvalue weighted by Crippen LogP contribution is 2.31. The number of hydrogen-bond donors (Lipinski definition) is 1. The molecule has 29 heavy (non-hydrogen) atoms. The normalized spacial score (nSPS) is 22.2. The van der Waals surface area contributed by atoms with E-state index in [1.807, 2.05) is 31.2 Å². The van der Waals surface area contributed by atoms with Crippen molar-refractivity contribution in [3.8, 4) is 5.75 Å². The summed E-state index contributed by atoms with van der Waals surface area (Å²) in [5.41, 5.74) is 0.941. The van der Waals surface area contributed by atoms with E-state index >= 15 is 0 Å². The Kier molecular flexibility index (Phi) is 6.51. The molecule has 5 amide bonds. The van der Waals surface area contributed by atoms with E-state index in [1.165, 1.54) is 0 Å². The molecule has 0 bridgehead atoms. The van der Waals surface area contributed by atoms with Crippen LogP contribution in [0.3, 0.4) is 0 Å². The van der Waals surface area contributed by atoms with Gasteiger partial charge in [-0.15, -0.1) is 0 Å². The lowest BCUT2D eigenvalue weighted by molar-refractivity contribution is -0.145. The lowest BCUT2D eigenvalue weighted by Gasteiger charge is -2.34. The van der Waals surface area contributed by atoms with Gasteiger partial charge in [-0.25, -0.2) is 9.69 Å². The van der Waals surface area contributed by atoms with Crippen molar-refractivity contribution in [3.63, 3.8) is 0 Å². The van der Waals surface area contributed by atoms with Gasteiger partial charge in [0.25, 0.3) is 0 Å². The van der Waals surface area contributed by atoms with Gasteiger partial charge in [0.1, 0.15) is 12.3 Å². The summed E-state index contributed by atoms with van der Waals surface area (Å²) >= 11 is 0. The van der Waals surface area contributed by atoms with Crippen molar-refractivity contribution >= 4 is 23.8 Å². The number of urea groups is 1. The Labute approximate surface area is 170 Å². The van der Waals surface area contributed by atoms with Crippen molar-refractivity contribution in [2.24, 2.45) is 5.92 Å². The van der Waals surface area contributed by atoms with Gasteiger partial charge in [0.05, 0.1) is 7.11 Å². The number of nitrogens with one attached hydrogen (secondary N) is 1. The second-order valence-corrected chi connectivity index (χ2v) is 7.59. The number of ether oxygens (including phenoxy) is 1. The van der Waals surface area contributed by atoms with E-state index in [2.05, 4.69) is 5.32 Å². The predicted molar refractivity (Wildman–Crippen MR) is 105 cm³/mol. The standard InChI is InChI=1S/C21H27N3O5/c1-14-7-3-5-9-16(14)24-20(27)19(26)23(21(24)28)13-18(25)22-12-11-15-8-4-6-10-17(15)29-2/h4,6,8,10,14,16H,3,5,7,9,11-13H2,1-2H3,(H,22,25)/t14-,16-/m0/s1. The summed E-state index contributed by atoms with van der Waals surface area (Å²) in [6.07, 6.45) is 4.14. The number of carbonyl (C=O) groups is 4. The van der Waals surface area contributed by atoms with Crippen molar-refractivity contribution < 1.29 is 23.9 Å². The lowest BCUT2D eigenvalue weighted by atomic mass is 9.85. The second kappa shape index (κ2) is 9.07. The van der Waals surface area contributed by atoms with E-state index in [1.54, 1.807) is 7.11 Å². The van der Waals surface area contributed by atoms with Crippen LogP contribution in [-0.2, 0) is 20.8 Å². The summed E-state index contributed by atoms with van der Waals surface area (Å²) < 4.78 is 5.28. The van der Waals surface area contributed by atoms with Gasteiger partial charge in [-0.1, -0.05) is 38.0 Å². The van der Waals surface area contributed by atoms with Gasteiger partial charge in [0.2, 0.25) is 5.91 Å². The van der Waals surface area contributed by atoms with Crippen LogP contribution in [0.25, 0.3) is 0 Å². The fourth-order valence-corrected chi connectivity index (χ4v) is 4.08. The number of methoxy groups -OCH3 is 1. The van der Waals surface area contributed by atoms with Gasteiger partial charge in [-0.2, -0.15) is 0 Å². The number of para-hydroxylation sites is 1. The second-order valence-electron chi connectivity index (χ2n) is 7.59. The Morgan fingerprint density at radius 1 is 1.14 bits per heavy atom. The predicted octanol–water partition coefficient (Wildman–Crippen LogP) is 1.72. The van der Waals surface area contributed by atoms with E-state index in [4.69, 9.17) is 4.74 Å². The molecule has 1 saturated heterocycles. The smallest absolute Gasteiger partial charge is 0.334 e. The maximum absolute atomic E-state index is 12.7. The van der Waals surface area contributed by atoms with E-state index in [0.717, 1.165) is 40.4 Å². The van der Waals surface area contributed by atoms with Crippen molar-refractivity contribution in [1.29, 1.82) is 0 Å². The number of imide groups is 2. The molecule has 0 aromatic heterocycles. The minimum atomic E-state index is -0.923. The number of carbonyl (C=O) groups excluding carboxylic acids is 4. The zero-order valence-corrected chi connectivity index (χ0v) is 16.8. The van der Waals surface area contributed by atoms with Crippen molar-refractivity contribution in [3.05, 3.63) is 29.8 Å². The largest absolute Gasteiger partial charge is 0.496 e. The van der Waals surface area contributed by atoms with Gasteiger partial charge in [-0.3, -0.25) is 19.3 Å². The Balaban J connectivity index is 1.56. The SMILES string of the molecule is COc1ccccc1CCNC(=O)CN1C(=O)C(=O)N([C@H]2CCCC[C@@H]2C)C1=O. The molecule has 0 spiro atoms. The van der Waals surface area contributed by atoms with Crippen molar-refractivity contribution in [2.75, 3.05) is 20.2 Å². The average molecular weight is 401 g/mol. The Hall–Kier alpha value is -2.90. The monoisotopic (exact) mass is 401 g/mol. The zero-order valence-electron chi connectivity index (χ0n) is 16.8. The van der Waals surface area contributed by atoms with Crippen LogP contribution in [0.5, 0.6) is 5.75 Å². The highest BCUT2D eigenvalue weighted by molar-refractivity contribution is 6.45. The molecule has 1 aliphatic heterocycles. The van der Waals surface area contributed by atoms with Crippen LogP contribution in [0.2, 0.25) is 0 Å². The fraction of sp³-hybridized carbons (Fsp3) is 0.524. The molecular weight excluding hydrogens is 374 g/mol. The molecule has 1 N–H and O–H groups in total. The quantitative estimate of drug-likeness (QED) is 0.554. The van der Waals surface area contributed by atoms with E-state index in [0.29, 0.717) is 19.4 Å². The topological polar surface area (TPSA) is 96.0 Å². The number of nitrogens with zero attached hydrogens (tertiary/aromatic N) is 2. The highest BCUT2D eigenvalue weighted by atomic mass is 16.5. The molecule has 0 unspecified atom stereocenters. The summed E-state index contributed by atoms with van der Waals surface area (Å²) in [6.45, 7) is 1.86. The third-order valence-electron chi connectivity index (χ3n) is 5.69. The Bertz CT molecular complexity index is 809. The first-order valence-electron chi connectivity index (χ1n) is 10.0. The van der Waals surface area contributed by atoms with Crippen LogP contribution in [0.1, 0.15) is 38.2 Å². The maximum atomic E-state index is 12.7. The van der Waals surface area contributed by atoms with Crippen molar-refractivity contribution in [1.82, 2.24) is 15.1 Å². The molecule has 1 aromatic rings. The van der Waals surface area contributed by atoms with Crippen LogP contribution in [0.4, 0.5) is 4.79 Å². The van der Waals surface area contributed by atoms with Gasteiger partial charge in [0, 0.05) is 12.6 Å². The molecule has 1 aliphatic carbocycles. The summed E-state index contributed by atoms with van der Waals surface area (Å²) in [4.78, 5) is 51.5. The third kappa shape index (κ3) is 4.41.